The van der Waals surface area contributed by atoms with E-state index in [1.54, 1.807) is 0 Å². The van der Waals surface area contributed by atoms with Gasteiger partial charge in [0.2, 0.25) is 22.7 Å². The molecule has 2 aromatic heterocycles. The SMILES string of the molecule is CC(=O)[C@@]1(O)[C@@](O)(C(C)=O)[C@@H](CO)O[C@@]1(C(C)=O)n1ccc(=O)[nH]c1=O.CC(=O)[C@@]1(O)[C@@](O)(C(C)=O)[C@@H](CO)O[C@@]1(C(C)=O)n1ccc(=O)[nH]c1=O. The number of aromatic amines is 2. The van der Waals surface area contributed by atoms with Crippen molar-refractivity contribution in [2.75, 3.05) is 13.2 Å². The van der Waals surface area contributed by atoms with Crippen LogP contribution in [0.25, 0.3) is 0 Å². The van der Waals surface area contributed by atoms with Gasteiger partial charge >= 0.3 is 11.4 Å². The molecule has 2 aliphatic rings. The van der Waals surface area contributed by atoms with Crippen LogP contribution in [0.2, 0.25) is 0 Å². The van der Waals surface area contributed by atoms with E-state index < -0.39 is 116 Å². The molecule has 0 aromatic carbocycles. The van der Waals surface area contributed by atoms with Crippen molar-refractivity contribution in [1.29, 1.82) is 0 Å². The van der Waals surface area contributed by atoms with Gasteiger partial charge in [0.25, 0.3) is 11.1 Å². The fourth-order valence-corrected chi connectivity index (χ4v) is 6.86. The molecule has 2 saturated heterocycles. The Bertz CT molecular complexity index is 1950. The van der Waals surface area contributed by atoms with Crippen LogP contribution < -0.4 is 22.5 Å². The molecule has 52 heavy (non-hydrogen) atoms. The van der Waals surface area contributed by atoms with Crippen molar-refractivity contribution in [3.05, 3.63) is 66.2 Å². The summed E-state index contributed by atoms with van der Waals surface area (Å²) in [5, 5.41) is 63.1. The topological polar surface area (TPSA) is 352 Å². The number of nitrogens with one attached hydrogen (secondary N) is 2. The zero-order valence-corrected chi connectivity index (χ0v) is 28.4. The number of rotatable bonds is 10. The first kappa shape index (κ1) is 41.5. The highest BCUT2D eigenvalue weighted by Crippen LogP contribution is 2.52. The van der Waals surface area contributed by atoms with Crippen LogP contribution in [0, 0.1) is 0 Å². The molecule has 0 unspecified atom stereocenters. The molecule has 22 nitrogen and oxygen atoms in total. The predicted octanol–water partition coefficient (Wildman–Crippen LogP) is -6.38. The molecule has 0 saturated carbocycles. The fourth-order valence-electron chi connectivity index (χ4n) is 6.86. The third kappa shape index (κ3) is 5.09. The summed E-state index contributed by atoms with van der Waals surface area (Å²) in [6.45, 7) is 2.81. The van der Waals surface area contributed by atoms with Crippen LogP contribution in [-0.2, 0) is 49.7 Å². The summed E-state index contributed by atoms with van der Waals surface area (Å²) in [6, 6.07) is 1.63. The van der Waals surface area contributed by atoms with Gasteiger partial charge in [-0.15, -0.1) is 0 Å². The molecule has 0 bridgehead atoms. The number of ether oxygens (including phenoxy) is 2. The van der Waals surface area contributed by atoms with E-state index in [0.29, 0.717) is 9.13 Å². The van der Waals surface area contributed by atoms with Gasteiger partial charge in [0.05, 0.1) is 13.2 Å². The van der Waals surface area contributed by atoms with Gasteiger partial charge in [0.15, 0.2) is 45.9 Å². The Labute approximate surface area is 289 Å². The van der Waals surface area contributed by atoms with E-state index in [0.717, 1.165) is 66.1 Å². The number of carbonyl (C=O) groups is 6. The first-order chi connectivity index (χ1) is 23.8. The van der Waals surface area contributed by atoms with Crippen LogP contribution in [-0.4, -0.2) is 132 Å². The van der Waals surface area contributed by atoms with Crippen molar-refractivity contribution in [1.82, 2.24) is 19.1 Å². The quantitative estimate of drug-likeness (QED) is 0.112. The Morgan fingerprint density at radius 3 is 1.06 bits per heavy atom. The minimum atomic E-state index is -3.26. The number of ketones is 6. The van der Waals surface area contributed by atoms with Crippen LogP contribution in [0.5, 0.6) is 0 Å². The van der Waals surface area contributed by atoms with E-state index in [-0.39, 0.29) is 0 Å². The summed E-state index contributed by atoms with van der Waals surface area (Å²) in [5.74, 6) is -7.12. The van der Waals surface area contributed by atoms with Gasteiger partial charge in [-0.2, -0.15) is 0 Å². The van der Waals surface area contributed by atoms with Crippen LogP contribution >= 0.6 is 0 Å². The summed E-state index contributed by atoms with van der Waals surface area (Å²) < 4.78 is 11.4. The molecule has 0 radical (unpaired) electrons. The Balaban J connectivity index is 0.000000280. The Morgan fingerprint density at radius 1 is 0.577 bits per heavy atom. The molecule has 2 aromatic rings. The summed E-state index contributed by atoms with van der Waals surface area (Å²) in [5.41, 5.74) is -22.5. The largest absolute Gasteiger partial charge is 0.394 e. The summed E-state index contributed by atoms with van der Waals surface area (Å²) in [4.78, 5) is 125. The number of hydrogen-bond acceptors (Lipinski definition) is 18. The number of aliphatic hydroxyl groups excluding tert-OH is 2. The normalized spacial score (nSPS) is 33.8. The highest BCUT2D eigenvalue weighted by atomic mass is 16.6. The average Bonchev–Trinajstić information content (AvgIpc) is 3.40. The highest BCUT2D eigenvalue weighted by Gasteiger charge is 2.82. The maximum Gasteiger partial charge on any atom is 0.331 e. The summed E-state index contributed by atoms with van der Waals surface area (Å²) in [7, 11) is 0. The van der Waals surface area contributed by atoms with Crippen molar-refractivity contribution in [3.63, 3.8) is 0 Å². The lowest BCUT2D eigenvalue weighted by molar-refractivity contribution is -0.208. The van der Waals surface area contributed by atoms with Crippen LogP contribution in [0.4, 0.5) is 0 Å². The number of H-pyrrole nitrogens is 2. The van der Waals surface area contributed by atoms with Gasteiger partial charge in [-0.1, -0.05) is 0 Å². The molecule has 2 fully saturated rings. The predicted molar refractivity (Wildman–Crippen MR) is 166 cm³/mol. The Kier molecular flexibility index (Phi) is 10.8. The maximum atomic E-state index is 12.5. The minimum Gasteiger partial charge on any atom is -0.394 e. The van der Waals surface area contributed by atoms with E-state index in [2.05, 4.69) is 0 Å². The zero-order valence-electron chi connectivity index (χ0n) is 28.4. The highest BCUT2D eigenvalue weighted by molar-refractivity contribution is 6.05. The second-order valence-electron chi connectivity index (χ2n) is 12.1. The lowest BCUT2D eigenvalue weighted by Gasteiger charge is -2.42. The molecular formula is C30H36N4O18. The average molecular weight is 741 g/mol. The van der Waals surface area contributed by atoms with Crippen molar-refractivity contribution in [3.8, 4) is 0 Å². The number of nitrogens with zero attached hydrogens (tertiary/aromatic N) is 2. The van der Waals surface area contributed by atoms with Gasteiger partial charge in [-0.25, -0.2) is 9.59 Å². The van der Waals surface area contributed by atoms with Gasteiger partial charge < -0.3 is 40.1 Å². The monoisotopic (exact) mass is 740 g/mol. The van der Waals surface area contributed by atoms with Crippen molar-refractivity contribution in [2.45, 2.75) is 87.6 Å². The maximum absolute atomic E-state index is 12.5. The second kappa shape index (κ2) is 13.6. The smallest absolute Gasteiger partial charge is 0.331 e. The van der Waals surface area contributed by atoms with E-state index in [9.17, 15) is 78.6 Å². The van der Waals surface area contributed by atoms with Crippen LogP contribution in [0.3, 0.4) is 0 Å². The lowest BCUT2D eigenvalue weighted by Crippen LogP contribution is -2.73. The molecular weight excluding hydrogens is 704 g/mol. The summed E-state index contributed by atoms with van der Waals surface area (Å²) >= 11 is 0. The number of aromatic nitrogens is 4. The number of Topliss-reactive ketones (excluding diaryl/α,β-unsaturated/α-hetero) is 6. The molecule has 8 N–H and O–H groups in total. The van der Waals surface area contributed by atoms with Crippen LogP contribution in [0.1, 0.15) is 41.5 Å². The van der Waals surface area contributed by atoms with Crippen molar-refractivity contribution >= 4 is 34.7 Å². The van der Waals surface area contributed by atoms with Gasteiger partial charge in [0.1, 0.15) is 12.2 Å². The second-order valence-corrected chi connectivity index (χ2v) is 12.1. The fraction of sp³-hybridized carbons (Fsp3) is 0.533. The van der Waals surface area contributed by atoms with Gasteiger partial charge in [0, 0.05) is 24.5 Å². The van der Waals surface area contributed by atoms with E-state index in [4.69, 9.17) is 9.47 Å². The van der Waals surface area contributed by atoms with E-state index in [1.165, 1.54) is 0 Å². The van der Waals surface area contributed by atoms with Gasteiger partial charge in [-0.05, 0) is 41.5 Å². The Morgan fingerprint density at radius 2 is 0.865 bits per heavy atom. The van der Waals surface area contributed by atoms with E-state index in [1.807, 2.05) is 9.97 Å². The van der Waals surface area contributed by atoms with Crippen molar-refractivity contribution < 1.29 is 68.9 Å². The molecule has 8 atom stereocenters. The van der Waals surface area contributed by atoms with Crippen molar-refractivity contribution in [2.24, 2.45) is 0 Å². The molecule has 0 amide bonds. The Hall–Kier alpha value is -4.94. The first-order valence-corrected chi connectivity index (χ1v) is 15.0. The zero-order chi connectivity index (χ0) is 40.2. The molecule has 4 rings (SSSR count). The summed E-state index contributed by atoms with van der Waals surface area (Å²) in [6.07, 6.45) is -2.26. The third-order valence-corrected chi connectivity index (χ3v) is 9.35. The van der Waals surface area contributed by atoms with E-state index >= 15 is 0 Å². The third-order valence-electron chi connectivity index (χ3n) is 9.35. The molecule has 4 heterocycles. The number of carbonyl (C=O) groups excluding carboxylic acids is 6. The standard InChI is InChI=1S/2C15H18N2O9/c2*1-7(19)13(24)10(6-18)26-15(9(3)21,14(13,25)8(2)20)17-5-4-11(22)16-12(17)23/h2*4-5,10,18,24-25H,6H2,1-3H3,(H,16,22,23)/t2*10-,13-,14-,15-/m11/s1. The molecule has 2 aliphatic heterocycles. The van der Waals surface area contributed by atoms with Gasteiger partial charge in [-0.3, -0.25) is 57.5 Å². The molecule has 0 aliphatic carbocycles. The molecule has 284 valence electrons. The van der Waals surface area contributed by atoms with Crippen LogP contribution in [0.15, 0.2) is 43.7 Å². The number of aliphatic hydroxyl groups is 6. The lowest BCUT2D eigenvalue weighted by atomic mass is 9.69. The minimum absolute atomic E-state index is 0.404. The first-order valence-electron chi connectivity index (χ1n) is 15.0. The molecule has 22 heteroatoms. The molecule has 0 spiro atoms. The number of hydrogen-bond donors (Lipinski definition) is 8.